The zero-order valence-electron chi connectivity index (χ0n) is 17.1. The SMILES string of the molecule is COc1cc(C)c(CSc2nc3ccccc3n2-c2ccc(C)cc2)cc1OC. The van der Waals surface area contributed by atoms with Crippen molar-refractivity contribution >= 4 is 22.8 Å². The smallest absolute Gasteiger partial charge is 0.174 e. The highest BCUT2D eigenvalue weighted by Gasteiger charge is 2.15. The molecule has 0 fully saturated rings. The highest BCUT2D eigenvalue weighted by atomic mass is 32.2. The van der Waals surface area contributed by atoms with E-state index in [2.05, 4.69) is 66.9 Å². The van der Waals surface area contributed by atoms with Crippen molar-refractivity contribution < 1.29 is 9.47 Å². The number of para-hydroxylation sites is 2. The van der Waals surface area contributed by atoms with Gasteiger partial charge in [0.05, 0.1) is 25.3 Å². The number of rotatable bonds is 6. The van der Waals surface area contributed by atoms with Gasteiger partial charge in [-0.1, -0.05) is 41.6 Å². The number of fused-ring (bicyclic) bond motifs is 1. The molecule has 4 aromatic rings. The molecule has 4 rings (SSSR count). The number of methoxy groups -OCH3 is 2. The summed E-state index contributed by atoms with van der Waals surface area (Å²) < 4.78 is 13.1. The Kier molecular flexibility index (Phi) is 5.49. The molecular weight excluding hydrogens is 380 g/mol. The predicted octanol–water partition coefficient (Wildman–Crippen LogP) is 5.95. The Morgan fingerprint density at radius 3 is 2.31 bits per heavy atom. The third kappa shape index (κ3) is 3.83. The van der Waals surface area contributed by atoms with E-state index in [1.165, 1.54) is 16.7 Å². The Morgan fingerprint density at radius 2 is 1.59 bits per heavy atom. The largest absolute Gasteiger partial charge is 0.493 e. The lowest BCUT2D eigenvalue weighted by molar-refractivity contribution is 0.354. The van der Waals surface area contributed by atoms with Crippen molar-refractivity contribution in [2.75, 3.05) is 14.2 Å². The Hall–Kier alpha value is -2.92. The molecule has 5 heteroatoms. The molecule has 0 N–H and O–H groups in total. The zero-order valence-corrected chi connectivity index (χ0v) is 17.9. The summed E-state index contributed by atoms with van der Waals surface area (Å²) in [5, 5.41) is 0.976. The second-order valence-electron chi connectivity index (χ2n) is 6.98. The molecule has 0 bridgehead atoms. The predicted molar refractivity (Wildman–Crippen MR) is 120 cm³/mol. The number of hydrogen-bond donors (Lipinski definition) is 0. The number of ether oxygens (including phenoxy) is 2. The van der Waals surface area contributed by atoms with Gasteiger partial charge in [-0.15, -0.1) is 0 Å². The van der Waals surface area contributed by atoms with Crippen molar-refractivity contribution in [1.29, 1.82) is 0 Å². The molecular formula is C24H24N2O2S. The number of benzene rings is 3. The summed E-state index contributed by atoms with van der Waals surface area (Å²) in [6, 6.07) is 20.9. The van der Waals surface area contributed by atoms with Gasteiger partial charge in [0.2, 0.25) is 0 Å². The molecule has 148 valence electrons. The number of hydrogen-bond acceptors (Lipinski definition) is 4. The van der Waals surface area contributed by atoms with E-state index in [0.717, 1.165) is 39.1 Å². The van der Waals surface area contributed by atoms with E-state index in [0.29, 0.717) is 0 Å². The van der Waals surface area contributed by atoms with Crippen LogP contribution in [0, 0.1) is 13.8 Å². The van der Waals surface area contributed by atoms with Crippen LogP contribution in [-0.4, -0.2) is 23.8 Å². The van der Waals surface area contributed by atoms with Gasteiger partial charge in [-0.25, -0.2) is 4.98 Å². The molecule has 29 heavy (non-hydrogen) atoms. The average Bonchev–Trinajstić information content (AvgIpc) is 3.11. The molecule has 0 aliphatic heterocycles. The highest BCUT2D eigenvalue weighted by Crippen LogP contribution is 2.35. The fourth-order valence-electron chi connectivity index (χ4n) is 3.36. The van der Waals surface area contributed by atoms with Gasteiger partial charge in [-0.05, 0) is 61.4 Å². The first kappa shape index (κ1) is 19.4. The number of aromatic nitrogens is 2. The molecule has 0 spiro atoms. The molecule has 0 aliphatic carbocycles. The van der Waals surface area contributed by atoms with Crippen molar-refractivity contribution in [2.45, 2.75) is 24.8 Å². The summed E-state index contributed by atoms with van der Waals surface area (Å²) in [4.78, 5) is 4.90. The first-order chi connectivity index (χ1) is 14.1. The minimum absolute atomic E-state index is 0.751. The van der Waals surface area contributed by atoms with Gasteiger partial charge in [0.25, 0.3) is 0 Å². The van der Waals surface area contributed by atoms with E-state index in [4.69, 9.17) is 14.5 Å². The summed E-state index contributed by atoms with van der Waals surface area (Å²) in [6.45, 7) is 4.20. The molecule has 0 amide bonds. The van der Waals surface area contributed by atoms with Crippen LogP contribution in [0.15, 0.2) is 65.8 Å². The molecule has 3 aromatic carbocycles. The summed E-state index contributed by atoms with van der Waals surface area (Å²) >= 11 is 1.73. The second-order valence-corrected chi connectivity index (χ2v) is 7.92. The molecule has 0 unspecified atom stereocenters. The number of imidazole rings is 1. The summed E-state index contributed by atoms with van der Waals surface area (Å²) in [5.74, 6) is 2.30. The van der Waals surface area contributed by atoms with Crippen molar-refractivity contribution in [3.8, 4) is 17.2 Å². The molecule has 0 saturated heterocycles. The van der Waals surface area contributed by atoms with Crippen LogP contribution >= 0.6 is 11.8 Å². The monoisotopic (exact) mass is 404 g/mol. The van der Waals surface area contributed by atoms with Gasteiger partial charge in [0, 0.05) is 11.4 Å². The Morgan fingerprint density at radius 1 is 0.897 bits per heavy atom. The molecule has 1 heterocycles. The molecule has 4 nitrogen and oxygen atoms in total. The fraction of sp³-hybridized carbons (Fsp3) is 0.208. The van der Waals surface area contributed by atoms with Gasteiger partial charge < -0.3 is 9.47 Å². The summed E-state index contributed by atoms with van der Waals surface area (Å²) in [6.07, 6.45) is 0. The topological polar surface area (TPSA) is 36.3 Å². The maximum Gasteiger partial charge on any atom is 0.174 e. The van der Waals surface area contributed by atoms with Gasteiger partial charge in [-0.2, -0.15) is 0 Å². The molecule has 0 aliphatic rings. The van der Waals surface area contributed by atoms with E-state index >= 15 is 0 Å². The lowest BCUT2D eigenvalue weighted by Gasteiger charge is -2.13. The first-order valence-electron chi connectivity index (χ1n) is 9.49. The van der Waals surface area contributed by atoms with E-state index < -0.39 is 0 Å². The van der Waals surface area contributed by atoms with Crippen molar-refractivity contribution in [2.24, 2.45) is 0 Å². The van der Waals surface area contributed by atoms with Crippen LogP contribution in [0.1, 0.15) is 16.7 Å². The van der Waals surface area contributed by atoms with Crippen LogP contribution in [0.25, 0.3) is 16.7 Å². The number of thioether (sulfide) groups is 1. The van der Waals surface area contributed by atoms with Gasteiger partial charge in [0.15, 0.2) is 16.7 Å². The molecule has 0 radical (unpaired) electrons. The minimum atomic E-state index is 0.751. The van der Waals surface area contributed by atoms with Crippen LogP contribution in [0.2, 0.25) is 0 Å². The lowest BCUT2D eigenvalue weighted by atomic mass is 10.1. The van der Waals surface area contributed by atoms with Crippen molar-refractivity contribution in [3.63, 3.8) is 0 Å². The highest BCUT2D eigenvalue weighted by molar-refractivity contribution is 7.98. The Bertz CT molecular complexity index is 1150. The van der Waals surface area contributed by atoms with Crippen LogP contribution in [-0.2, 0) is 5.75 Å². The van der Waals surface area contributed by atoms with Crippen LogP contribution < -0.4 is 9.47 Å². The molecule has 1 aromatic heterocycles. The second kappa shape index (κ2) is 8.21. The van der Waals surface area contributed by atoms with Crippen LogP contribution in [0.5, 0.6) is 11.5 Å². The third-order valence-electron chi connectivity index (χ3n) is 5.02. The normalized spacial score (nSPS) is 11.0. The third-order valence-corrected chi connectivity index (χ3v) is 6.01. The number of aryl methyl sites for hydroxylation is 2. The first-order valence-corrected chi connectivity index (χ1v) is 10.5. The lowest BCUT2D eigenvalue weighted by Crippen LogP contribution is -1.98. The zero-order chi connectivity index (χ0) is 20.4. The van der Waals surface area contributed by atoms with Crippen LogP contribution in [0.3, 0.4) is 0 Å². The molecule has 0 atom stereocenters. The fourth-order valence-corrected chi connectivity index (χ4v) is 4.46. The Labute approximate surface area is 175 Å². The molecule has 0 saturated carbocycles. The van der Waals surface area contributed by atoms with Crippen LogP contribution in [0.4, 0.5) is 0 Å². The Balaban J connectivity index is 1.72. The van der Waals surface area contributed by atoms with E-state index in [1.807, 2.05) is 12.1 Å². The van der Waals surface area contributed by atoms with Gasteiger partial charge >= 0.3 is 0 Å². The summed E-state index contributed by atoms with van der Waals surface area (Å²) in [7, 11) is 3.33. The standard InChI is InChI=1S/C24H24N2O2S/c1-16-9-11-19(12-10-16)26-21-8-6-5-7-20(21)25-24(26)29-15-18-14-23(28-4)22(27-3)13-17(18)2/h5-14H,15H2,1-4H3. The minimum Gasteiger partial charge on any atom is -0.493 e. The van der Waals surface area contributed by atoms with Crippen molar-refractivity contribution in [3.05, 3.63) is 77.4 Å². The van der Waals surface area contributed by atoms with E-state index in [1.54, 1.807) is 26.0 Å². The van der Waals surface area contributed by atoms with E-state index in [-0.39, 0.29) is 0 Å². The van der Waals surface area contributed by atoms with Gasteiger partial charge in [-0.3, -0.25) is 4.57 Å². The van der Waals surface area contributed by atoms with Gasteiger partial charge in [0.1, 0.15) is 0 Å². The maximum absolute atomic E-state index is 5.48. The quantitative estimate of drug-likeness (QED) is 0.372. The maximum atomic E-state index is 5.48. The van der Waals surface area contributed by atoms with Crippen molar-refractivity contribution in [1.82, 2.24) is 9.55 Å². The summed E-state index contributed by atoms with van der Waals surface area (Å²) in [5.41, 5.74) is 6.86. The average molecular weight is 405 g/mol. The van der Waals surface area contributed by atoms with E-state index in [9.17, 15) is 0 Å². The number of nitrogens with zero attached hydrogens (tertiary/aromatic N) is 2.